The van der Waals surface area contributed by atoms with Crippen molar-refractivity contribution < 1.29 is 18.0 Å². The van der Waals surface area contributed by atoms with Crippen molar-refractivity contribution in [2.24, 2.45) is 0 Å². The molecule has 0 spiro atoms. The summed E-state index contributed by atoms with van der Waals surface area (Å²) in [5.74, 6) is -1.66. The van der Waals surface area contributed by atoms with Gasteiger partial charge in [0.2, 0.25) is 0 Å². The van der Waals surface area contributed by atoms with Crippen LogP contribution in [0.25, 0.3) is 5.69 Å². The van der Waals surface area contributed by atoms with Gasteiger partial charge in [0.15, 0.2) is 5.69 Å². The van der Waals surface area contributed by atoms with Crippen molar-refractivity contribution in [3.05, 3.63) is 95.2 Å². The van der Waals surface area contributed by atoms with Crippen LogP contribution in [0.2, 0.25) is 0 Å². The van der Waals surface area contributed by atoms with Crippen LogP contribution in [-0.2, 0) is 6.54 Å². The maximum atomic E-state index is 14.0. The van der Waals surface area contributed by atoms with E-state index >= 15 is 0 Å². The lowest BCUT2D eigenvalue weighted by molar-refractivity contribution is 0.102. The van der Waals surface area contributed by atoms with Gasteiger partial charge in [-0.3, -0.25) is 4.79 Å². The quantitative estimate of drug-likeness (QED) is 0.538. The zero-order valence-corrected chi connectivity index (χ0v) is 15.8. The number of anilines is 1. The Hall–Kier alpha value is -3.88. The third kappa shape index (κ3) is 3.95. The molecule has 0 saturated carbocycles. The van der Waals surface area contributed by atoms with E-state index in [1.165, 1.54) is 45.9 Å². The molecule has 9 heteroatoms. The number of nitrogens with one attached hydrogen (secondary N) is 1. The Morgan fingerprint density at radius 1 is 1.03 bits per heavy atom. The molecule has 0 unspecified atom stereocenters. The van der Waals surface area contributed by atoms with Crippen LogP contribution < -0.4 is 5.32 Å². The highest BCUT2D eigenvalue weighted by molar-refractivity contribution is 6.02. The maximum absolute atomic E-state index is 14.0. The minimum Gasteiger partial charge on any atom is -0.305 e. The Balaban J connectivity index is 1.55. The first kappa shape index (κ1) is 19.4. The molecule has 2 heterocycles. The monoisotopic (exact) mass is 411 g/mol. The van der Waals surface area contributed by atoms with Gasteiger partial charge >= 0.3 is 0 Å². The molecule has 0 aliphatic carbocycles. The predicted molar refractivity (Wildman–Crippen MR) is 104 cm³/mol. The summed E-state index contributed by atoms with van der Waals surface area (Å²) in [4.78, 5) is 12.7. The van der Waals surface area contributed by atoms with Crippen molar-refractivity contribution in [1.29, 1.82) is 0 Å². The van der Waals surface area contributed by atoms with Crippen molar-refractivity contribution in [2.75, 3.05) is 5.32 Å². The lowest BCUT2D eigenvalue weighted by atomic mass is 10.2. The molecule has 0 fully saturated rings. The van der Waals surface area contributed by atoms with Crippen molar-refractivity contribution in [3.8, 4) is 5.69 Å². The van der Waals surface area contributed by atoms with Gasteiger partial charge in [0.05, 0.1) is 18.4 Å². The summed E-state index contributed by atoms with van der Waals surface area (Å²) in [6.07, 6.45) is 3.10. The van der Waals surface area contributed by atoms with Crippen LogP contribution in [0.15, 0.2) is 60.9 Å². The van der Waals surface area contributed by atoms with Crippen molar-refractivity contribution >= 4 is 11.7 Å². The number of carbonyl (C=O) groups excluding carboxylic acids is 1. The normalized spacial score (nSPS) is 10.9. The lowest BCUT2D eigenvalue weighted by Gasteiger charge is -2.10. The molecule has 2 aromatic heterocycles. The summed E-state index contributed by atoms with van der Waals surface area (Å²) in [6, 6.07) is 10.3. The van der Waals surface area contributed by atoms with Crippen LogP contribution >= 0.6 is 0 Å². The SMILES string of the molecule is Cc1cnn(Cc2cc(F)ccc2F)c1NC(=O)c1ccn(-c2ccc(F)cc2)n1. The fourth-order valence-corrected chi connectivity index (χ4v) is 2.94. The van der Waals surface area contributed by atoms with Crippen LogP contribution in [0.3, 0.4) is 0 Å². The Bertz CT molecular complexity index is 1210. The van der Waals surface area contributed by atoms with Crippen molar-refractivity contribution in [3.63, 3.8) is 0 Å². The minimum atomic E-state index is -0.570. The molecule has 0 radical (unpaired) electrons. The first-order valence-corrected chi connectivity index (χ1v) is 9.00. The fourth-order valence-electron chi connectivity index (χ4n) is 2.94. The third-order valence-corrected chi connectivity index (χ3v) is 4.50. The van der Waals surface area contributed by atoms with E-state index in [0.29, 0.717) is 17.1 Å². The summed E-state index contributed by atoms with van der Waals surface area (Å²) in [5.41, 5.74) is 1.48. The molecule has 0 aliphatic heterocycles. The first-order valence-electron chi connectivity index (χ1n) is 9.00. The van der Waals surface area contributed by atoms with E-state index in [1.54, 1.807) is 13.1 Å². The summed E-state index contributed by atoms with van der Waals surface area (Å²) in [7, 11) is 0. The molecule has 4 aromatic rings. The van der Waals surface area contributed by atoms with E-state index in [2.05, 4.69) is 15.5 Å². The Kier molecular flexibility index (Phi) is 5.09. The number of aromatic nitrogens is 4. The number of benzene rings is 2. The molecule has 4 rings (SSSR count). The van der Waals surface area contributed by atoms with E-state index < -0.39 is 17.5 Å². The summed E-state index contributed by atoms with van der Waals surface area (Å²) < 4.78 is 43.3. The molecule has 1 amide bonds. The molecule has 2 aromatic carbocycles. The first-order chi connectivity index (χ1) is 14.4. The highest BCUT2D eigenvalue weighted by atomic mass is 19.1. The molecule has 0 atom stereocenters. The molecule has 6 nitrogen and oxygen atoms in total. The largest absolute Gasteiger partial charge is 0.305 e. The summed E-state index contributed by atoms with van der Waals surface area (Å²) in [5, 5.41) is 11.1. The lowest BCUT2D eigenvalue weighted by Crippen LogP contribution is -2.18. The number of hydrogen-bond donors (Lipinski definition) is 1. The van der Waals surface area contributed by atoms with Crippen molar-refractivity contribution in [2.45, 2.75) is 13.5 Å². The van der Waals surface area contributed by atoms with Crippen LogP contribution in [0.1, 0.15) is 21.6 Å². The number of aryl methyl sites for hydroxylation is 1. The van der Waals surface area contributed by atoms with Gasteiger partial charge in [0.1, 0.15) is 23.3 Å². The van der Waals surface area contributed by atoms with Crippen LogP contribution in [0, 0.1) is 24.4 Å². The number of hydrogen-bond acceptors (Lipinski definition) is 3. The maximum Gasteiger partial charge on any atom is 0.277 e. The number of halogens is 3. The molecule has 0 saturated heterocycles. The molecule has 0 bridgehead atoms. The number of amides is 1. The van der Waals surface area contributed by atoms with Crippen LogP contribution in [0.4, 0.5) is 19.0 Å². The van der Waals surface area contributed by atoms with E-state index in [9.17, 15) is 18.0 Å². The highest BCUT2D eigenvalue weighted by Gasteiger charge is 2.17. The second-order valence-electron chi connectivity index (χ2n) is 6.65. The number of nitrogens with zero attached hydrogens (tertiary/aromatic N) is 4. The topological polar surface area (TPSA) is 64.7 Å². The predicted octanol–water partition coefficient (Wildman–Crippen LogP) is 4.10. The zero-order chi connectivity index (χ0) is 21.3. The van der Waals surface area contributed by atoms with Gasteiger partial charge in [-0.25, -0.2) is 22.5 Å². The fraction of sp³-hybridized carbons (Fsp3) is 0.0952. The second-order valence-corrected chi connectivity index (χ2v) is 6.65. The second kappa shape index (κ2) is 7.86. The molecular formula is C21H16F3N5O. The standard InChI is InChI=1S/C21H16F3N5O/c1-13-11-25-29(12-14-10-16(23)4-7-18(14)24)20(13)26-21(30)19-8-9-28(27-19)17-5-2-15(22)3-6-17/h2-11H,12H2,1H3,(H,26,30). The van der Waals surface area contributed by atoms with Gasteiger partial charge < -0.3 is 5.32 Å². The number of carbonyl (C=O) groups is 1. The van der Waals surface area contributed by atoms with Crippen LogP contribution in [-0.4, -0.2) is 25.5 Å². The highest BCUT2D eigenvalue weighted by Crippen LogP contribution is 2.19. The third-order valence-electron chi connectivity index (χ3n) is 4.50. The van der Waals surface area contributed by atoms with Crippen molar-refractivity contribution in [1.82, 2.24) is 19.6 Å². The van der Waals surface area contributed by atoms with Gasteiger partial charge in [0, 0.05) is 17.3 Å². The molecule has 1 N–H and O–H groups in total. The van der Waals surface area contributed by atoms with E-state index in [-0.39, 0.29) is 23.6 Å². The van der Waals surface area contributed by atoms with Crippen LogP contribution in [0.5, 0.6) is 0 Å². The van der Waals surface area contributed by atoms with E-state index in [4.69, 9.17) is 0 Å². The average Bonchev–Trinajstić information content (AvgIpc) is 3.34. The Morgan fingerprint density at radius 3 is 2.53 bits per heavy atom. The molecule has 0 aliphatic rings. The molecule has 30 heavy (non-hydrogen) atoms. The molecule has 152 valence electrons. The summed E-state index contributed by atoms with van der Waals surface area (Å²) in [6.45, 7) is 1.68. The van der Waals surface area contributed by atoms with Gasteiger partial charge in [-0.2, -0.15) is 10.2 Å². The summed E-state index contributed by atoms with van der Waals surface area (Å²) >= 11 is 0. The van der Waals surface area contributed by atoms with E-state index in [0.717, 1.165) is 18.2 Å². The zero-order valence-electron chi connectivity index (χ0n) is 15.8. The minimum absolute atomic E-state index is 0.0585. The molecular weight excluding hydrogens is 395 g/mol. The van der Waals surface area contributed by atoms with Gasteiger partial charge in [0.25, 0.3) is 5.91 Å². The number of rotatable bonds is 5. The van der Waals surface area contributed by atoms with Gasteiger partial charge in [-0.1, -0.05) is 0 Å². The van der Waals surface area contributed by atoms with Gasteiger partial charge in [-0.05, 0) is 55.5 Å². The Morgan fingerprint density at radius 2 is 1.77 bits per heavy atom. The smallest absolute Gasteiger partial charge is 0.277 e. The van der Waals surface area contributed by atoms with E-state index in [1.807, 2.05) is 0 Å². The van der Waals surface area contributed by atoms with Gasteiger partial charge in [-0.15, -0.1) is 0 Å². The average molecular weight is 411 g/mol. The Labute approximate surface area is 169 Å².